The lowest BCUT2D eigenvalue weighted by Gasteiger charge is -2.36. The van der Waals surface area contributed by atoms with E-state index in [9.17, 15) is 0 Å². The van der Waals surface area contributed by atoms with Gasteiger partial charge in [-0.1, -0.05) is 62.4 Å². The summed E-state index contributed by atoms with van der Waals surface area (Å²) in [5.74, 6) is 0. The largest absolute Gasteiger partial charge is 0.360 e. The fourth-order valence-corrected chi connectivity index (χ4v) is 6.41. The van der Waals surface area contributed by atoms with E-state index in [-0.39, 0.29) is 22.4 Å². The van der Waals surface area contributed by atoms with Gasteiger partial charge in [-0.05, 0) is 102 Å². The lowest BCUT2D eigenvalue weighted by Crippen LogP contribution is -2.41. The lowest BCUT2D eigenvalue weighted by atomic mass is 9.83. The molecule has 2 spiro atoms. The van der Waals surface area contributed by atoms with Crippen LogP contribution in [0.5, 0.6) is 0 Å². The first-order valence-corrected chi connectivity index (χ1v) is 13.3. The van der Waals surface area contributed by atoms with E-state index >= 15 is 0 Å². The molecular formula is C30H44N2O2. The van der Waals surface area contributed by atoms with Crippen LogP contribution in [0.1, 0.15) is 89.5 Å². The molecule has 2 aromatic rings. The predicted molar refractivity (Wildman–Crippen MR) is 140 cm³/mol. The second kappa shape index (κ2) is 9.73. The Morgan fingerprint density at radius 2 is 0.824 bits per heavy atom. The highest BCUT2D eigenvalue weighted by molar-refractivity contribution is 5.42. The first-order valence-electron chi connectivity index (χ1n) is 13.3. The molecule has 0 bridgehead atoms. The predicted octanol–water partition coefficient (Wildman–Crippen LogP) is 6.09. The number of nitrogens with one attached hydrogen (secondary N) is 2. The molecule has 4 nitrogen and oxygen atoms in total. The number of benzene rings is 2. The van der Waals surface area contributed by atoms with Crippen molar-refractivity contribution in [2.24, 2.45) is 0 Å². The maximum atomic E-state index is 6.41. The minimum Gasteiger partial charge on any atom is -0.360 e. The van der Waals surface area contributed by atoms with Gasteiger partial charge in [0.05, 0.1) is 22.4 Å². The number of hydrogen-bond donors (Lipinski definition) is 2. The van der Waals surface area contributed by atoms with E-state index in [4.69, 9.17) is 9.47 Å². The van der Waals surface area contributed by atoms with E-state index in [1.807, 2.05) is 13.8 Å². The maximum Gasteiger partial charge on any atom is 0.0971 e. The van der Waals surface area contributed by atoms with E-state index in [1.54, 1.807) is 0 Å². The van der Waals surface area contributed by atoms with E-state index in [0.717, 1.165) is 51.9 Å². The van der Waals surface area contributed by atoms with Crippen LogP contribution in [0.15, 0.2) is 48.5 Å². The summed E-state index contributed by atoms with van der Waals surface area (Å²) in [5.41, 5.74) is 5.27. The third-order valence-corrected chi connectivity index (χ3v) is 7.86. The Bertz CT molecular complexity index is 890. The van der Waals surface area contributed by atoms with Gasteiger partial charge in [0.2, 0.25) is 0 Å². The summed E-state index contributed by atoms with van der Waals surface area (Å²) in [5, 5.41) is 6.83. The molecule has 2 aromatic carbocycles. The van der Waals surface area contributed by atoms with Gasteiger partial charge in [-0.25, -0.2) is 0 Å². The Balaban J connectivity index is 0.000000150. The van der Waals surface area contributed by atoms with Gasteiger partial charge in [-0.15, -0.1) is 0 Å². The Kier molecular flexibility index (Phi) is 7.26. The molecule has 2 saturated heterocycles. The molecule has 0 saturated carbocycles. The molecule has 186 valence electrons. The fraction of sp³-hybridized carbons (Fsp3) is 0.600. The Morgan fingerprint density at radius 3 is 1.15 bits per heavy atom. The Labute approximate surface area is 206 Å². The van der Waals surface area contributed by atoms with Crippen molar-refractivity contribution in [3.05, 3.63) is 70.8 Å². The topological polar surface area (TPSA) is 42.5 Å². The van der Waals surface area contributed by atoms with Crippen LogP contribution in [0.3, 0.4) is 0 Å². The van der Waals surface area contributed by atoms with Crippen molar-refractivity contribution in [1.29, 1.82) is 0 Å². The van der Waals surface area contributed by atoms with Gasteiger partial charge >= 0.3 is 0 Å². The van der Waals surface area contributed by atoms with Crippen molar-refractivity contribution < 1.29 is 9.47 Å². The van der Waals surface area contributed by atoms with Crippen molar-refractivity contribution in [3.63, 3.8) is 0 Å². The molecule has 34 heavy (non-hydrogen) atoms. The van der Waals surface area contributed by atoms with Crippen LogP contribution in [0.2, 0.25) is 0 Å². The molecule has 0 aliphatic carbocycles. The first kappa shape index (κ1) is 25.4. The summed E-state index contributed by atoms with van der Waals surface area (Å²) in [6, 6.07) is 17.4. The SMILES string of the molecule is CC.CC1(C)OC2(CCNCC2)c2ccccc21.CC1(C)OC2(CCNCC2)c2ccccc21. The standard InChI is InChI=1S/2C14H19NO.C2H6/c2*1-13(2)11-5-3-4-6-12(11)14(16-13)7-9-15-10-8-14;1-2/h2*3-6,15H,7-10H2,1-2H3;1-2H3. The van der Waals surface area contributed by atoms with Gasteiger partial charge in [0.15, 0.2) is 0 Å². The zero-order chi connectivity index (χ0) is 24.5. The molecule has 4 aliphatic rings. The second-order valence-electron chi connectivity index (χ2n) is 10.8. The highest BCUT2D eigenvalue weighted by atomic mass is 16.5. The zero-order valence-corrected chi connectivity index (χ0v) is 22.1. The van der Waals surface area contributed by atoms with Crippen molar-refractivity contribution in [2.75, 3.05) is 26.2 Å². The Morgan fingerprint density at radius 1 is 0.529 bits per heavy atom. The van der Waals surface area contributed by atoms with Crippen LogP contribution < -0.4 is 10.6 Å². The van der Waals surface area contributed by atoms with Crippen LogP contribution in [0.25, 0.3) is 0 Å². The minimum atomic E-state index is -0.131. The number of rotatable bonds is 0. The Hall–Kier alpha value is -1.72. The molecule has 0 atom stereocenters. The first-order chi connectivity index (χ1) is 16.3. The van der Waals surface area contributed by atoms with Gasteiger partial charge in [-0.2, -0.15) is 0 Å². The van der Waals surface area contributed by atoms with Gasteiger partial charge in [0.1, 0.15) is 0 Å². The summed E-state index contributed by atoms with van der Waals surface area (Å²) < 4.78 is 12.8. The average molecular weight is 465 g/mol. The van der Waals surface area contributed by atoms with Crippen molar-refractivity contribution in [2.45, 2.75) is 89.6 Å². The molecule has 0 unspecified atom stereocenters. The molecule has 4 heterocycles. The molecule has 0 radical (unpaired) electrons. The summed E-state index contributed by atoms with van der Waals surface area (Å²) in [7, 11) is 0. The molecular weight excluding hydrogens is 420 g/mol. The van der Waals surface area contributed by atoms with Crippen LogP contribution in [0.4, 0.5) is 0 Å². The third kappa shape index (κ3) is 4.46. The average Bonchev–Trinajstić information content (AvgIpc) is 3.21. The van der Waals surface area contributed by atoms with E-state index in [0.29, 0.717) is 0 Å². The highest BCUT2D eigenvalue weighted by Crippen LogP contribution is 2.52. The molecule has 2 fully saturated rings. The minimum absolute atomic E-state index is 0.0225. The summed E-state index contributed by atoms with van der Waals surface area (Å²) in [4.78, 5) is 0. The van der Waals surface area contributed by atoms with Crippen molar-refractivity contribution in [3.8, 4) is 0 Å². The van der Waals surface area contributed by atoms with Crippen LogP contribution >= 0.6 is 0 Å². The monoisotopic (exact) mass is 464 g/mol. The van der Waals surface area contributed by atoms with Gasteiger partial charge in [0.25, 0.3) is 0 Å². The molecule has 0 amide bonds. The number of ether oxygens (including phenoxy) is 2. The lowest BCUT2D eigenvalue weighted by molar-refractivity contribution is -0.139. The van der Waals surface area contributed by atoms with E-state index in [1.165, 1.54) is 22.3 Å². The number of piperidine rings is 2. The van der Waals surface area contributed by atoms with Crippen molar-refractivity contribution in [1.82, 2.24) is 10.6 Å². The number of fused-ring (bicyclic) bond motifs is 4. The third-order valence-electron chi connectivity index (χ3n) is 7.86. The van der Waals surface area contributed by atoms with Crippen molar-refractivity contribution >= 4 is 0 Å². The summed E-state index contributed by atoms with van der Waals surface area (Å²) >= 11 is 0. The van der Waals surface area contributed by atoms with Crippen LogP contribution in [-0.4, -0.2) is 26.2 Å². The summed E-state index contributed by atoms with van der Waals surface area (Å²) in [6.07, 6.45) is 4.36. The smallest absolute Gasteiger partial charge is 0.0971 e. The highest BCUT2D eigenvalue weighted by Gasteiger charge is 2.49. The summed E-state index contributed by atoms with van der Waals surface area (Å²) in [6.45, 7) is 17.0. The van der Waals surface area contributed by atoms with Crippen LogP contribution in [0, 0.1) is 0 Å². The zero-order valence-electron chi connectivity index (χ0n) is 22.1. The second-order valence-corrected chi connectivity index (χ2v) is 10.8. The number of hydrogen-bond acceptors (Lipinski definition) is 4. The fourth-order valence-electron chi connectivity index (χ4n) is 6.41. The molecule has 0 aromatic heterocycles. The quantitative estimate of drug-likeness (QED) is 0.495. The van der Waals surface area contributed by atoms with Gasteiger partial charge in [-0.3, -0.25) is 0 Å². The van der Waals surface area contributed by atoms with E-state index in [2.05, 4.69) is 86.9 Å². The normalized spacial score (nSPS) is 24.3. The maximum absolute atomic E-state index is 6.41. The molecule has 4 aliphatic heterocycles. The van der Waals surface area contributed by atoms with Gasteiger partial charge in [0, 0.05) is 0 Å². The molecule has 2 N–H and O–H groups in total. The van der Waals surface area contributed by atoms with Gasteiger partial charge < -0.3 is 20.1 Å². The van der Waals surface area contributed by atoms with E-state index < -0.39 is 0 Å². The molecule has 4 heteroatoms. The molecule has 6 rings (SSSR count). The van der Waals surface area contributed by atoms with Crippen LogP contribution in [-0.2, 0) is 31.9 Å².